The number of carbonyl (C=O) groups is 3. The van der Waals surface area contributed by atoms with Gasteiger partial charge in [0.1, 0.15) is 0 Å². The van der Waals surface area contributed by atoms with E-state index in [1.165, 1.54) is 24.3 Å². The first kappa shape index (κ1) is 14.5. The molecule has 2 aromatic carbocycles. The van der Waals surface area contributed by atoms with E-state index in [1.54, 1.807) is 24.3 Å². The molecule has 0 aromatic heterocycles. The summed E-state index contributed by atoms with van der Waals surface area (Å²) in [5, 5.41) is 9.15. The van der Waals surface area contributed by atoms with Crippen LogP contribution in [0.2, 0.25) is 0 Å². The second-order valence-corrected chi connectivity index (χ2v) is 4.86. The fourth-order valence-corrected chi connectivity index (χ4v) is 2.29. The Labute approximate surface area is 131 Å². The Balaban J connectivity index is 1.82. The SMILES string of the molecule is N#CCc1cccc(C(=O)ON2C(=O)c3ccccc3C2=O)c1. The molecule has 0 bridgehead atoms. The largest absolute Gasteiger partial charge is 0.363 e. The zero-order chi connectivity index (χ0) is 16.4. The van der Waals surface area contributed by atoms with Crippen LogP contribution >= 0.6 is 0 Å². The zero-order valence-electron chi connectivity index (χ0n) is 11.9. The second-order valence-electron chi connectivity index (χ2n) is 4.86. The van der Waals surface area contributed by atoms with Gasteiger partial charge in [0.05, 0.1) is 29.2 Å². The van der Waals surface area contributed by atoms with E-state index in [0.717, 1.165) is 0 Å². The summed E-state index contributed by atoms with van der Waals surface area (Å²) in [4.78, 5) is 41.4. The van der Waals surface area contributed by atoms with Crippen molar-refractivity contribution in [2.45, 2.75) is 6.42 Å². The number of imide groups is 1. The molecule has 2 aromatic rings. The molecule has 2 amide bonds. The van der Waals surface area contributed by atoms with Crippen molar-refractivity contribution in [1.29, 1.82) is 5.26 Å². The van der Waals surface area contributed by atoms with Gasteiger partial charge in [0.15, 0.2) is 0 Å². The zero-order valence-corrected chi connectivity index (χ0v) is 11.9. The number of nitrogens with zero attached hydrogens (tertiary/aromatic N) is 2. The summed E-state index contributed by atoms with van der Waals surface area (Å²) in [7, 11) is 0. The number of fused-ring (bicyclic) bond motifs is 1. The molecular weight excluding hydrogens is 296 g/mol. The Morgan fingerprint density at radius 1 is 1.04 bits per heavy atom. The van der Waals surface area contributed by atoms with Crippen molar-refractivity contribution in [3.8, 4) is 6.07 Å². The third kappa shape index (κ3) is 2.56. The normalized spacial score (nSPS) is 12.7. The van der Waals surface area contributed by atoms with E-state index in [4.69, 9.17) is 10.1 Å². The van der Waals surface area contributed by atoms with Gasteiger partial charge in [-0.25, -0.2) is 4.79 Å². The van der Waals surface area contributed by atoms with Gasteiger partial charge in [-0.3, -0.25) is 9.59 Å². The number of benzene rings is 2. The number of amides is 2. The van der Waals surface area contributed by atoms with Gasteiger partial charge in [0, 0.05) is 0 Å². The number of nitriles is 1. The molecular formula is C17H10N2O4. The number of rotatable bonds is 3. The summed E-state index contributed by atoms with van der Waals surface area (Å²) in [6.07, 6.45) is 0.147. The van der Waals surface area contributed by atoms with E-state index in [2.05, 4.69) is 0 Å². The summed E-state index contributed by atoms with van der Waals surface area (Å²) < 4.78 is 0. The minimum absolute atomic E-state index is 0.147. The van der Waals surface area contributed by atoms with Gasteiger partial charge in [-0.2, -0.15) is 5.26 Å². The Morgan fingerprint density at radius 2 is 1.70 bits per heavy atom. The van der Waals surface area contributed by atoms with Crippen LogP contribution in [0.4, 0.5) is 0 Å². The van der Waals surface area contributed by atoms with Crippen LogP contribution in [0.15, 0.2) is 48.5 Å². The fourth-order valence-electron chi connectivity index (χ4n) is 2.29. The molecule has 0 saturated carbocycles. The molecule has 112 valence electrons. The van der Waals surface area contributed by atoms with Crippen molar-refractivity contribution in [3.63, 3.8) is 0 Å². The lowest BCUT2D eigenvalue weighted by Crippen LogP contribution is -2.32. The van der Waals surface area contributed by atoms with Crippen LogP contribution in [0.1, 0.15) is 36.6 Å². The maximum absolute atomic E-state index is 12.1. The maximum atomic E-state index is 12.1. The first-order valence-electron chi connectivity index (χ1n) is 6.78. The molecule has 0 saturated heterocycles. The topological polar surface area (TPSA) is 87.5 Å². The highest BCUT2D eigenvalue weighted by molar-refractivity contribution is 6.21. The molecule has 23 heavy (non-hydrogen) atoms. The maximum Gasteiger partial charge on any atom is 0.363 e. The minimum atomic E-state index is -0.834. The number of hydroxylamine groups is 2. The monoisotopic (exact) mass is 306 g/mol. The molecule has 0 radical (unpaired) electrons. The van der Waals surface area contributed by atoms with Crippen molar-refractivity contribution in [1.82, 2.24) is 5.06 Å². The van der Waals surface area contributed by atoms with Gasteiger partial charge >= 0.3 is 5.97 Å². The minimum Gasteiger partial charge on any atom is -0.324 e. The first-order valence-corrected chi connectivity index (χ1v) is 6.78. The van der Waals surface area contributed by atoms with Crippen molar-refractivity contribution in [2.24, 2.45) is 0 Å². The van der Waals surface area contributed by atoms with E-state index >= 15 is 0 Å². The molecule has 1 aliphatic heterocycles. The van der Waals surface area contributed by atoms with Crippen LogP contribution < -0.4 is 0 Å². The van der Waals surface area contributed by atoms with E-state index < -0.39 is 17.8 Å². The van der Waals surface area contributed by atoms with Crippen molar-refractivity contribution < 1.29 is 19.2 Å². The Kier molecular flexibility index (Phi) is 3.61. The van der Waals surface area contributed by atoms with Crippen LogP contribution in [0.5, 0.6) is 0 Å². The molecule has 0 unspecified atom stereocenters. The van der Waals surface area contributed by atoms with Gasteiger partial charge in [-0.1, -0.05) is 29.3 Å². The average molecular weight is 306 g/mol. The summed E-state index contributed by atoms with van der Waals surface area (Å²) in [6.45, 7) is 0. The lowest BCUT2D eigenvalue weighted by Gasteiger charge is -2.12. The lowest BCUT2D eigenvalue weighted by atomic mass is 10.1. The molecule has 0 spiro atoms. The first-order chi connectivity index (χ1) is 11.1. The van der Waals surface area contributed by atoms with Gasteiger partial charge in [-0.05, 0) is 29.8 Å². The molecule has 6 nitrogen and oxygen atoms in total. The Bertz CT molecular complexity index is 832. The number of hydrogen-bond donors (Lipinski definition) is 0. The van der Waals surface area contributed by atoms with Gasteiger partial charge in [0.25, 0.3) is 11.8 Å². The van der Waals surface area contributed by atoms with E-state index in [0.29, 0.717) is 10.6 Å². The number of carbonyl (C=O) groups excluding carboxylic acids is 3. The molecule has 0 aliphatic carbocycles. The standard InChI is InChI=1S/C17H10N2O4/c18-9-8-11-4-3-5-12(10-11)17(22)23-19-15(20)13-6-1-2-7-14(13)16(19)21/h1-7,10H,8H2. The molecule has 0 N–H and O–H groups in total. The van der Waals surface area contributed by atoms with E-state index in [1.807, 2.05) is 6.07 Å². The van der Waals surface area contributed by atoms with Crippen LogP contribution in [0, 0.1) is 11.3 Å². The van der Waals surface area contributed by atoms with Crippen LogP contribution in [0.25, 0.3) is 0 Å². The molecule has 0 fully saturated rings. The quantitative estimate of drug-likeness (QED) is 0.810. The van der Waals surface area contributed by atoms with Gasteiger partial charge < -0.3 is 4.84 Å². The van der Waals surface area contributed by atoms with Crippen LogP contribution in [-0.4, -0.2) is 22.8 Å². The lowest BCUT2D eigenvalue weighted by molar-refractivity contribution is -0.0584. The fraction of sp³-hybridized carbons (Fsp3) is 0.0588. The predicted molar refractivity (Wildman–Crippen MR) is 78.1 cm³/mol. The molecule has 1 aliphatic rings. The molecule has 0 atom stereocenters. The highest BCUT2D eigenvalue weighted by Gasteiger charge is 2.38. The Morgan fingerprint density at radius 3 is 2.30 bits per heavy atom. The van der Waals surface area contributed by atoms with Gasteiger partial charge in [0.2, 0.25) is 0 Å². The second kappa shape index (κ2) is 5.73. The third-order valence-electron chi connectivity index (χ3n) is 3.38. The summed E-state index contributed by atoms with van der Waals surface area (Å²) in [5.41, 5.74) is 1.20. The van der Waals surface area contributed by atoms with Crippen LogP contribution in [-0.2, 0) is 11.3 Å². The highest BCUT2D eigenvalue weighted by atomic mass is 16.7. The van der Waals surface area contributed by atoms with Crippen molar-refractivity contribution in [3.05, 3.63) is 70.8 Å². The van der Waals surface area contributed by atoms with Gasteiger partial charge in [-0.15, -0.1) is 0 Å². The molecule has 6 heteroatoms. The smallest absolute Gasteiger partial charge is 0.324 e. The van der Waals surface area contributed by atoms with E-state index in [9.17, 15) is 14.4 Å². The van der Waals surface area contributed by atoms with Crippen molar-refractivity contribution in [2.75, 3.05) is 0 Å². The molecule has 3 rings (SSSR count). The summed E-state index contributed by atoms with van der Waals surface area (Å²) in [5.74, 6) is -2.18. The summed E-state index contributed by atoms with van der Waals surface area (Å²) >= 11 is 0. The molecule has 1 heterocycles. The summed E-state index contributed by atoms with van der Waals surface area (Å²) in [6, 6.07) is 14.5. The highest BCUT2D eigenvalue weighted by Crippen LogP contribution is 2.23. The third-order valence-corrected chi connectivity index (χ3v) is 3.38. The average Bonchev–Trinajstić information content (AvgIpc) is 2.81. The Hall–Kier alpha value is -3.46. The predicted octanol–water partition coefficient (Wildman–Crippen LogP) is 2.12. The number of hydrogen-bond acceptors (Lipinski definition) is 5. The van der Waals surface area contributed by atoms with Crippen LogP contribution in [0.3, 0.4) is 0 Å². The van der Waals surface area contributed by atoms with Crippen molar-refractivity contribution >= 4 is 17.8 Å². The van der Waals surface area contributed by atoms with E-state index in [-0.39, 0.29) is 23.1 Å².